The van der Waals surface area contributed by atoms with Crippen molar-refractivity contribution < 1.29 is 14.3 Å². The van der Waals surface area contributed by atoms with Crippen molar-refractivity contribution in [3.05, 3.63) is 85.1 Å². The minimum atomic E-state index is -0.996. The van der Waals surface area contributed by atoms with Crippen molar-refractivity contribution in [1.29, 1.82) is 0 Å². The second kappa shape index (κ2) is 10.6. The molecule has 0 aliphatic rings. The predicted octanol–water partition coefficient (Wildman–Crippen LogP) is 5.11. The van der Waals surface area contributed by atoms with E-state index in [1.807, 2.05) is 90.2 Å². The number of hydrogen-bond acceptors (Lipinski definition) is 7. The van der Waals surface area contributed by atoms with Gasteiger partial charge in [0.25, 0.3) is 0 Å². The van der Waals surface area contributed by atoms with Crippen LogP contribution in [0.5, 0.6) is 0 Å². The molecule has 0 unspecified atom stereocenters. The molecule has 0 saturated heterocycles. The van der Waals surface area contributed by atoms with Gasteiger partial charge in [-0.1, -0.05) is 60.1 Å². The summed E-state index contributed by atoms with van der Waals surface area (Å²) in [5, 5.41) is 1.77. The highest BCUT2D eigenvalue weighted by molar-refractivity contribution is 8.01. The first-order valence-corrected chi connectivity index (χ1v) is 11.6. The van der Waals surface area contributed by atoms with Crippen LogP contribution in [0.2, 0.25) is 0 Å². The molecule has 164 valence electrons. The van der Waals surface area contributed by atoms with Gasteiger partial charge in [-0.2, -0.15) is 0 Å². The van der Waals surface area contributed by atoms with E-state index in [4.69, 9.17) is 7.85 Å². The molecule has 4 rings (SSSR count). The van der Waals surface area contributed by atoms with Gasteiger partial charge in [-0.15, -0.1) is 0 Å². The number of anilines is 2. The molecule has 0 N–H and O–H groups in total. The van der Waals surface area contributed by atoms with E-state index in [9.17, 15) is 9.32 Å². The number of aromatic nitrogens is 1. The Morgan fingerprint density at radius 2 is 1.58 bits per heavy atom. The van der Waals surface area contributed by atoms with Crippen LogP contribution in [0.4, 0.5) is 16.0 Å². The molecule has 1 aromatic heterocycles. The number of halogens is 1. The molecule has 0 fully saturated rings. The van der Waals surface area contributed by atoms with Gasteiger partial charge in [-0.25, -0.2) is 9.78 Å². The van der Waals surface area contributed by atoms with Crippen LogP contribution >= 0.6 is 23.9 Å². The minimum absolute atomic E-state index is 0.303. The molecule has 33 heavy (non-hydrogen) atoms. The Balaban J connectivity index is 1.71. The maximum atomic E-state index is 12.6. The summed E-state index contributed by atoms with van der Waals surface area (Å²) in [5.41, 5.74) is 1.61. The fraction of sp³-hybridized carbons (Fsp3) is 0.0833. The lowest BCUT2D eigenvalue weighted by Crippen LogP contribution is -2.25. The highest BCUT2D eigenvalue weighted by Crippen LogP contribution is 2.38. The van der Waals surface area contributed by atoms with E-state index in [0.29, 0.717) is 11.3 Å². The number of hydrogen-bond donors (Lipinski definition) is 0. The fourth-order valence-electron chi connectivity index (χ4n) is 3.25. The summed E-state index contributed by atoms with van der Waals surface area (Å²) in [6.07, 6.45) is 1.75. The van der Waals surface area contributed by atoms with Crippen LogP contribution in [0.3, 0.4) is 0 Å². The molecular formula is C24H19BFN3O2S2. The Kier molecular flexibility index (Phi) is 7.41. The first-order chi connectivity index (χ1) is 16.0. The van der Waals surface area contributed by atoms with Crippen molar-refractivity contribution in [1.82, 2.24) is 4.98 Å². The number of carbonyl (C=O) groups is 1. The summed E-state index contributed by atoms with van der Waals surface area (Å²) in [5.74, 6) is -0.455. The van der Waals surface area contributed by atoms with Crippen molar-refractivity contribution in [2.24, 2.45) is 0 Å². The summed E-state index contributed by atoms with van der Waals surface area (Å²) in [6.45, 7) is -0.303. The molecule has 2 radical (unpaired) electrons. The molecule has 0 atom stereocenters. The number of pyridine rings is 1. The largest absolute Gasteiger partial charge is 0.368 e. The van der Waals surface area contributed by atoms with Crippen LogP contribution in [0.25, 0.3) is 10.8 Å². The SMILES string of the molecule is [B]c1ccc(SN(C)c2cnc(N(CC(=O)OF)Sc3ccccc3)c3ccccc23)cc1. The first kappa shape index (κ1) is 23.0. The monoisotopic (exact) mass is 475 g/mol. The standard InChI is InChI=1S/C24H19BFN3O2S2/c1-28(32-19-13-11-17(25)12-14-19)22-15-27-24(21-10-6-5-9-20(21)22)29(16-23(30)31-26)33-18-7-3-2-4-8-18/h2-15H,16H2,1H3. The van der Waals surface area contributed by atoms with E-state index in [1.165, 1.54) is 11.9 Å². The molecule has 0 aliphatic heterocycles. The van der Waals surface area contributed by atoms with Crippen molar-refractivity contribution >= 4 is 65.5 Å². The summed E-state index contributed by atoms with van der Waals surface area (Å²) in [4.78, 5) is 21.9. The Bertz CT molecular complexity index is 1250. The van der Waals surface area contributed by atoms with Crippen LogP contribution < -0.4 is 14.1 Å². The molecule has 5 nitrogen and oxygen atoms in total. The number of benzene rings is 3. The van der Waals surface area contributed by atoms with Crippen molar-refractivity contribution in [3.8, 4) is 0 Å². The van der Waals surface area contributed by atoms with Crippen molar-refractivity contribution in [2.75, 3.05) is 22.2 Å². The van der Waals surface area contributed by atoms with Crippen LogP contribution in [0, 0.1) is 0 Å². The van der Waals surface area contributed by atoms with Gasteiger partial charge in [0, 0.05) is 32.1 Å². The quantitative estimate of drug-likeness (QED) is 0.259. The molecule has 9 heteroatoms. The Morgan fingerprint density at radius 3 is 2.27 bits per heavy atom. The average Bonchev–Trinajstić information content (AvgIpc) is 2.85. The Labute approximate surface area is 201 Å². The zero-order valence-electron chi connectivity index (χ0n) is 17.7. The van der Waals surface area contributed by atoms with E-state index in [2.05, 4.69) is 9.93 Å². The third-order valence-electron chi connectivity index (χ3n) is 4.77. The summed E-state index contributed by atoms with van der Waals surface area (Å²) in [7, 11) is 7.75. The van der Waals surface area contributed by atoms with Gasteiger partial charge >= 0.3 is 5.97 Å². The van der Waals surface area contributed by atoms with E-state index in [0.717, 1.165) is 26.3 Å². The van der Waals surface area contributed by atoms with Gasteiger partial charge in [0.15, 0.2) is 0 Å². The molecule has 0 aliphatic carbocycles. The van der Waals surface area contributed by atoms with E-state index in [1.54, 1.807) is 22.4 Å². The normalized spacial score (nSPS) is 10.7. The van der Waals surface area contributed by atoms with Crippen LogP contribution in [-0.2, 0) is 9.74 Å². The molecular weight excluding hydrogens is 456 g/mol. The van der Waals surface area contributed by atoms with Gasteiger partial charge in [0.05, 0.1) is 11.9 Å². The van der Waals surface area contributed by atoms with Crippen molar-refractivity contribution in [2.45, 2.75) is 9.79 Å². The molecule has 1 heterocycles. The average molecular weight is 475 g/mol. The van der Waals surface area contributed by atoms with Crippen LogP contribution in [-0.4, -0.2) is 32.4 Å². The maximum absolute atomic E-state index is 12.6. The zero-order valence-corrected chi connectivity index (χ0v) is 19.4. The highest BCUT2D eigenvalue weighted by Gasteiger charge is 2.21. The first-order valence-electron chi connectivity index (χ1n) is 10.0. The molecule has 0 saturated carbocycles. The van der Waals surface area contributed by atoms with Gasteiger partial charge < -0.3 is 4.31 Å². The topological polar surface area (TPSA) is 45.7 Å². The number of nitrogens with zero attached hydrogens (tertiary/aromatic N) is 3. The smallest absolute Gasteiger partial charge is 0.313 e. The third-order valence-corrected chi connectivity index (χ3v) is 6.73. The number of fused-ring (bicyclic) bond motifs is 1. The van der Waals surface area contributed by atoms with E-state index >= 15 is 0 Å². The fourth-order valence-corrected chi connectivity index (χ4v) is 5.00. The van der Waals surface area contributed by atoms with E-state index in [-0.39, 0.29) is 6.54 Å². The van der Waals surface area contributed by atoms with Gasteiger partial charge in [-0.05, 0) is 48.2 Å². The second-order valence-corrected chi connectivity index (χ2v) is 9.36. The Morgan fingerprint density at radius 1 is 0.939 bits per heavy atom. The summed E-state index contributed by atoms with van der Waals surface area (Å²) in [6, 6.07) is 24.9. The molecule has 3 aromatic carbocycles. The summed E-state index contributed by atoms with van der Waals surface area (Å²) < 4.78 is 16.3. The highest BCUT2D eigenvalue weighted by atomic mass is 32.2. The molecule has 0 amide bonds. The molecule has 0 bridgehead atoms. The second-order valence-electron chi connectivity index (χ2n) is 7.06. The van der Waals surface area contributed by atoms with Gasteiger partial charge in [-0.3, -0.25) is 9.25 Å². The summed E-state index contributed by atoms with van der Waals surface area (Å²) >= 11 is 2.84. The van der Waals surface area contributed by atoms with Gasteiger partial charge in [0.2, 0.25) is 0 Å². The zero-order chi connectivity index (χ0) is 23.2. The van der Waals surface area contributed by atoms with Crippen LogP contribution in [0.1, 0.15) is 0 Å². The molecule has 0 spiro atoms. The predicted molar refractivity (Wildman–Crippen MR) is 135 cm³/mol. The number of carbonyl (C=O) groups excluding carboxylic acids is 1. The van der Waals surface area contributed by atoms with Crippen molar-refractivity contribution in [3.63, 3.8) is 0 Å². The lowest BCUT2D eigenvalue weighted by molar-refractivity contribution is -0.181. The van der Waals surface area contributed by atoms with Crippen LogP contribution in [0.15, 0.2) is 94.9 Å². The maximum Gasteiger partial charge on any atom is 0.368 e. The lowest BCUT2D eigenvalue weighted by atomic mass is 9.97. The lowest BCUT2D eigenvalue weighted by Gasteiger charge is -2.25. The molecule has 4 aromatic rings. The van der Waals surface area contributed by atoms with E-state index < -0.39 is 5.97 Å². The number of rotatable bonds is 8. The minimum Gasteiger partial charge on any atom is -0.313 e. The van der Waals surface area contributed by atoms with Gasteiger partial charge in [0.1, 0.15) is 20.2 Å². The Hall–Kier alpha value is -3.17. The third kappa shape index (κ3) is 5.61.